The van der Waals surface area contributed by atoms with Crippen molar-refractivity contribution in [1.29, 1.82) is 0 Å². The van der Waals surface area contributed by atoms with Gasteiger partial charge in [0, 0.05) is 32.9 Å². The fourth-order valence-electron chi connectivity index (χ4n) is 1.93. The van der Waals surface area contributed by atoms with Gasteiger partial charge in [-0.25, -0.2) is 0 Å². The van der Waals surface area contributed by atoms with Crippen LogP contribution in [0.5, 0.6) is 0 Å². The van der Waals surface area contributed by atoms with Crippen LogP contribution in [-0.4, -0.2) is 62.4 Å². The number of rotatable bonds is 8. The summed E-state index contributed by atoms with van der Waals surface area (Å²) >= 11 is 0. The van der Waals surface area contributed by atoms with Crippen LogP contribution in [0.15, 0.2) is 18.2 Å². The van der Waals surface area contributed by atoms with E-state index in [2.05, 4.69) is 5.32 Å². The third-order valence-corrected chi connectivity index (χ3v) is 2.98. The Hall–Kier alpha value is -1.50. The normalized spacial score (nSPS) is 10.4. The predicted molar refractivity (Wildman–Crippen MR) is 77.9 cm³/mol. The summed E-state index contributed by atoms with van der Waals surface area (Å²) in [6.07, 6.45) is 0. The minimum Gasteiger partial charge on any atom is -0.395 e. The Morgan fingerprint density at radius 2 is 1.74 bits per heavy atom. The van der Waals surface area contributed by atoms with Crippen molar-refractivity contribution in [3.05, 3.63) is 18.2 Å². The maximum absolute atomic E-state index is 9.25. The zero-order chi connectivity index (χ0) is 14.3. The molecule has 1 aromatic carbocycles. The molecule has 0 saturated heterocycles. The van der Waals surface area contributed by atoms with Crippen molar-refractivity contribution in [2.24, 2.45) is 0 Å². The predicted octanol–water partition coefficient (Wildman–Crippen LogP) is -0.0947. The average molecular weight is 269 g/mol. The molecule has 0 saturated carbocycles. The third kappa shape index (κ3) is 3.99. The lowest BCUT2D eigenvalue weighted by Gasteiger charge is -2.26. The molecule has 6 heteroatoms. The molecule has 0 atom stereocenters. The summed E-state index contributed by atoms with van der Waals surface area (Å²) in [5, 5.41) is 30.4. The maximum Gasteiger partial charge on any atom is 0.115 e. The van der Waals surface area contributed by atoms with Crippen LogP contribution in [0.3, 0.4) is 0 Å². The first kappa shape index (κ1) is 15.6. The molecule has 0 aliphatic rings. The molecule has 108 valence electrons. The zero-order valence-corrected chi connectivity index (χ0v) is 11.5. The summed E-state index contributed by atoms with van der Waals surface area (Å²) in [5.41, 5.74) is 2.68. The van der Waals surface area contributed by atoms with E-state index in [9.17, 15) is 5.11 Å². The molecular formula is C13H23N3O3. The minimum atomic E-state index is -0.0852. The highest BCUT2D eigenvalue weighted by Crippen LogP contribution is 2.29. The Bertz CT molecular complexity index is 381. The monoisotopic (exact) mass is 269 g/mol. The lowest BCUT2D eigenvalue weighted by molar-refractivity contribution is 0.281. The molecule has 6 nitrogen and oxygen atoms in total. The number of aliphatic hydroxyl groups is 3. The van der Waals surface area contributed by atoms with E-state index in [0.717, 1.165) is 17.1 Å². The molecule has 0 aliphatic carbocycles. The van der Waals surface area contributed by atoms with Crippen LogP contribution in [0, 0.1) is 0 Å². The Morgan fingerprint density at radius 1 is 1.11 bits per heavy atom. The van der Waals surface area contributed by atoms with Crippen molar-refractivity contribution < 1.29 is 15.3 Å². The topological polar surface area (TPSA) is 79.2 Å². The van der Waals surface area contributed by atoms with Gasteiger partial charge in [0.2, 0.25) is 0 Å². The molecule has 0 aliphatic heterocycles. The Morgan fingerprint density at radius 3 is 2.21 bits per heavy atom. The first-order valence-corrected chi connectivity index (χ1v) is 6.28. The highest BCUT2D eigenvalue weighted by Gasteiger charge is 2.11. The van der Waals surface area contributed by atoms with Crippen molar-refractivity contribution in [1.82, 2.24) is 0 Å². The highest BCUT2D eigenvalue weighted by atomic mass is 16.3. The standard InChI is InChI=1S/C13H23N3O3/c1-14-12-4-3-11(9-13(12)15(2)10-19)16(5-7-17)6-8-18/h3-4,9,14,17-19H,5-8,10H2,1-2H3. The van der Waals surface area contributed by atoms with Gasteiger partial charge in [-0.15, -0.1) is 0 Å². The smallest absolute Gasteiger partial charge is 0.115 e. The molecule has 0 amide bonds. The van der Waals surface area contributed by atoms with E-state index in [0.29, 0.717) is 13.1 Å². The maximum atomic E-state index is 9.25. The lowest BCUT2D eigenvalue weighted by atomic mass is 10.2. The summed E-state index contributed by atoms with van der Waals surface area (Å²) in [6, 6.07) is 5.76. The number of aliphatic hydroxyl groups excluding tert-OH is 3. The molecule has 1 aromatic rings. The van der Waals surface area contributed by atoms with Crippen LogP contribution < -0.4 is 15.1 Å². The van der Waals surface area contributed by atoms with E-state index in [4.69, 9.17) is 10.2 Å². The van der Waals surface area contributed by atoms with E-state index in [1.54, 1.807) is 11.9 Å². The van der Waals surface area contributed by atoms with Crippen molar-refractivity contribution in [2.75, 3.05) is 62.2 Å². The van der Waals surface area contributed by atoms with Gasteiger partial charge in [0.1, 0.15) is 6.73 Å². The molecule has 0 fully saturated rings. The number of hydrogen-bond acceptors (Lipinski definition) is 6. The number of benzene rings is 1. The average Bonchev–Trinajstić information content (AvgIpc) is 2.45. The first-order chi connectivity index (χ1) is 9.17. The van der Waals surface area contributed by atoms with E-state index in [-0.39, 0.29) is 19.9 Å². The van der Waals surface area contributed by atoms with Crippen LogP contribution in [0.1, 0.15) is 0 Å². The quantitative estimate of drug-likeness (QED) is 0.494. The van der Waals surface area contributed by atoms with Gasteiger partial charge in [-0.05, 0) is 18.2 Å². The number of nitrogens with zero attached hydrogens (tertiary/aromatic N) is 2. The van der Waals surface area contributed by atoms with Gasteiger partial charge in [-0.3, -0.25) is 0 Å². The fraction of sp³-hybridized carbons (Fsp3) is 0.538. The van der Waals surface area contributed by atoms with Gasteiger partial charge in [0.25, 0.3) is 0 Å². The lowest BCUT2D eigenvalue weighted by Crippen LogP contribution is -2.30. The molecule has 1 rings (SSSR count). The third-order valence-electron chi connectivity index (χ3n) is 2.98. The molecular weight excluding hydrogens is 246 g/mol. The first-order valence-electron chi connectivity index (χ1n) is 6.28. The summed E-state index contributed by atoms with van der Waals surface area (Å²) in [6.45, 7) is 0.888. The second-order valence-corrected chi connectivity index (χ2v) is 4.23. The van der Waals surface area contributed by atoms with Gasteiger partial charge >= 0.3 is 0 Å². The molecule has 0 aromatic heterocycles. The van der Waals surface area contributed by atoms with Gasteiger partial charge in [0.05, 0.1) is 24.6 Å². The van der Waals surface area contributed by atoms with Gasteiger partial charge in [-0.1, -0.05) is 0 Å². The number of anilines is 3. The van der Waals surface area contributed by atoms with Gasteiger partial charge in [0.15, 0.2) is 0 Å². The molecule has 0 unspecified atom stereocenters. The van der Waals surface area contributed by atoms with Crippen molar-refractivity contribution in [2.45, 2.75) is 0 Å². The van der Waals surface area contributed by atoms with E-state index in [1.165, 1.54) is 0 Å². The molecule has 0 spiro atoms. The fourth-order valence-corrected chi connectivity index (χ4v) is 1.93. The van der Waals surface area contributed by atoms with E-state index < -0.39 is 0 Å². The van der Waals surface area contributed by atoms with Crippen LogP contribution in [0.25, 0.3) is 0 Å². The highest BCUT2D eigenvalue weighted by molar-refractivity contribution is 5.74. The Kier molecular flexibility index (Phi) is 6.41. The van der Waals surface area contributed by atoms with Crippen molar-refractivity contribution in [3.8, 4) is 0 Å². The molecule has 4 N–H and O–H groups in total. The SMILES string of the molecule is CNc1ccc(N(CCO)CCO)cc1N(C)CO. The number of nitrogens with one attached hydrogen (secondary N) is 1. The van der Waals surface area contributed by atoms with Crippen molar-refractivity contribution in [3.63, 3.8) is 0 Å². The summed E-state index contributed by atoms with van der Waals surface area (Å²) in [4.78, 5) is 3.61. The molecule has 0 bridgehead atoms. The minimum absolute atomic E-state index is 0.0267. The molecule has 19 heavy (non-hydrogen) atoms. The zero-order valence-electron chi connectivity index (χ0n) is 11.5. The van der Waals surface area contributed by atoms with Crippen molar-refractivity contribution >= 4 is 17.1 Å². The van der Waals surface area contributed by atoms with E-state index in [1.807, 2.05) is 30.1 Å². The summed E-state index contributed by atoms with van der Waals surface area (Å²) in [7, 11) is 3.62. The molecule has 0 radical (unpaired) electrons. The second kappa shape index (κ2) is 7.83. The van der Waals surface area contributed by atoms with Crippen LogP contribution >= 0.6 is 0 Å². The second-order valence-electron chi connectivity index (χ2n) is 4.23. The summed E-state index contributed by atoms with van der Waals surface area (Å²) < 4.78 is 0. The Balaban J connectivity index is 3.07. The molecule has 0 heterocycles. The van der Waals surface area contributed by atoms with Gasteiger partial charge < -0.3 is 30.4 Å². The van der Waals surface area contributed by atoms with E-state index >= 15 is 0 Å². The number of hydrogen-bond donors (Lipinski definition) is 4. The Labute approximate surface area is 113 Å². The largest absolute Gasteiger partial charge is 0.395 e. The van der Waals surface area contributed by atoms with Gasteiger partial charge in [-0.2, -0.15) is 0 Å². The van der Waals surface area contributed by atoms with Crippen LogP contribution in [0.2, 0.25) is 0 Å². The van der Waals surface area contributed by atoms with Crippen LogP contribution in [-0.2, 0) is 0 Å². The van der Waals surface area contributed by atoms with Crippen LogP contribution in [0.4, 0.5) is 17.1 Å². The summed E-state index contributed by atoms with van der Waals surface area (Å²) in [5.74, 6) is 0.